The molecule has 0 spiro atoms. The first-order valence-electron chi connectivity index (χ1n) is 7.51. The molecule has 1 aliphatic carbocycles. The molecule has 0 N–H and O–H groups in total. The number of carbonyl (C=O) groups excluding carboxylic acids is 1. The van der Waals surface area contributed by atoms with Gasteiger partial charge in [-0.3, -0.25) is 4.79 Å². The van der Waals surface area contributed by atoms with Crippen molar-refractivity contribution in [1.82, 2.24) is 4.90 Å². The number of hydrogen-bond donors (Lipinski definition) is 0. The standard InChI is InChI=1S/C17H20N2O/c18-13-17(15-7-2-1-3-8-15)9-11-19(12-10-17)16(20)14-5-4-6-14/h1-3,7-8,14H,4-6,9-12H2. The summed E-state index contributed by atoms with van der Waals surface area (Å²) in [7, 11) is 0. The first kappa shape index (κ1) is 13.2. The van der Waals surface area contributed by atoms with Crippen molar-refractivity contribution in [3.05, 3.63) is 35.9 Å². The summed E-state index contributed by atoms with van der Waals surface area (Å²) in [5.41, 5.74) is 0.690. The summed E-state index contributed by atoms with van der Waals surface area (Å²) in [4.78, 5) is 14.2. The van der Waals surface area contributed by atoms with Crippen LogP contribution in [-0.4, -0.2) is 23.9 Å². The number of amides is 1. The van der Waals surface area contributed by atoms with E-state index >= 15 is 0 Å². The van der Waals surface area contributed by atoms with Crippen LogP contribution < -0.4 is 0 Å². The minimum atomic E-state index is -0.405. The van der Waals surface area contributed by atoms with Gasteiger partial charge < -0.3 is 4.90 Å². The molecule has 1 aromatic rings. The third kappa shape index (κ3) is 2.20. The predicted octanol–water partition coefficient (Wildman–Crippen LogP) is 2.87. The number of hydrogen-bond acceptors (Lipinski definition) is 2. The lowest BCUT2D eigenvalue weighted by Gasteiger charge is -2.40. The molecule has 3 rings (SSSR count). The second-order valence-electron chi connectivity index (χ2n) is 6.01. The van der Waals surface area contributed by atoms with Crippen LogP contribution in [0, 0.1) is 17.2 Å². The van der Waals surface area contributed by atoms with Gasteiger partial charge in [-0.25, -0.2) is 0 Å². The summed E-state index contributed by atoms with van der Waals surface area (Å²) in [5.74, 6) is 0.581. The van der Waals surface area contributed by atoms with E-state index in [-0.39, 0.29) is 5.92 Å². The normalized spacial score (nSPS) is 21.9. The zero-order chi connectivity index (χ0) is 14.0. The van der Waals surface area contributed by atoms with E-state index in [1.165, 1.54) is 6.42 Å². The SMILES string of the molecule is N#CC1(c2ccccc2)CCN(C(=O)C2CCC2)CC1. The van der Waals surface area contributed by atoms with Crippen molar-refractivity contribution in [1.29, 1.82) is 5.26 Å². The van der Waals surface area contributed by atoms with Gasteiger partial charge in [0.15, 0.2) is 0 Å². The maximum Gasteiger partial charge on any atom is 0.225 e. The van der Waals surface area contributed by atoms with Crippen LogP contribution in [0.4, 0.5) is 0 Å². The average molecular weight is 268 g/mol. The Labute approximate surface area is 120 Å². The molecule has 0 unspecified atom stereocenters. The molecule has 3 heteroatoms. The van der Waals surface area contributed by atoms with Crippen molar-refractivity contribution >= 4 is 5.91 Å². The fraction of sp³-hybridized carbons (Fsp3) is 0.529. The molecule has 1 heterocycles. The van der Waals surface area contributed by atoms with Crippen molar-refractivity contribution < 1.29 is 4.79 Å². The third-order valence-electron chi connectivity index (χ3n) is 4.92. The summed E-state index contributed by atoms with van der Waals surface area (Å²) in [6.45, 7) is 1.44. The molecular formula is C17H20N2O. The van der Waals surface area contributed by atoms with Gasteiger partial charge in [-0.1, -0.05) is 36.8 Å². The van der Waals surface area contributed by atoms with Gasteiger partial charge in [-0.2, -0.15) is 5.26 Å². The lowest BCUT2D eigenvalue weighted by molar-refractivity contribution is -0.139. The first-order valence-corrected chi connectivity index (χ1v) is 7.51. The van der Waals surface area contributed by atoms with Gasteiger partial charge in [0, 0.05) is 19.0 Å². The van der Waals surface area contributed by atoms with Crippen LogP contribution in [0.25, 0.3) is 0 Å². The zero-order valence-electron chi connectivity index (χ0n) is 11.7. The Balaban J connectivity index is 1.70. The quantitative estimate of drug-likeness (QED) is 0.828. The molecular weight excluding hydrogens is 248 g/mol. The fourth-order valence-corrected chi connectivity index (χ4v) is 3.24. The van der Waals surface area contributed by atoms with Gasteiger partial charge in [0.1, 0.15) is 0 Å². The summed E-state index contributed by atoms with van der Waals surface area (Å²) in [5, 5.41) is 9.63. The maximum atomic E-state index is 12.3. The molecule has 0 bridgehead atoms. The Morgan fingerprint density at radius 2 is 1.85 bits per heavy atom. The Bertz CT molecular complexity index is 520. The second-order valence-corrected chi connectivity index (χ2v) is 6.01. The number of piperidine rings is 1. The Kier molecular flexibility index (Phi) is 3.48. The van der Waals surface area contributed by atoms with E-state index in [1.807, 2.05) is 35.2 Å². The fourth-order valence-electron chi connectivity index (χ4n) is 3.24. The highest BCUT2D eigenvalue weighted by Crippen LogP contribution is 2.36. The number of nitriles is 1. The van der Waals surface area contributed by atoms with Gasteiger partial charge >= 0.3 is 0 Å². The van der Waals surface area contributed by atoms with Gasteiger partial charge in [0.2, 0.25) is 5.91 Å². The van der Waals surface area contributed by atoms with Crippen LogP contribution in [-0.2, 0) is 10.2 Å². The second kappa shape index (κ2) is 5.28. The van der Waals surface area contributed by atoms with Crippen LogP contribution in [0.5, 0.6) is 0 Å². The Morgan fingerprint density at radius 3 is 2.35 bits per heavy atom. The molecule has 1 aliphatic heterocycles. The first-order chi connectivity index (χ1) is 9.75. The number of nitrogens with zero attached hydrogens (tertiary/aromatic N) is 2. The molecule has 1 aromatic carbocycles. The summed E-state index contributed by atoms with van der Waals surface area (Å²) in [6.07, 6.45) is 4.81. The number of rotatable bonds is 2. The molecule has 1 amide bonds. The summed E-state index contributed by atoms with van der Waals surface area (Å²) in [6, 6.07) is 12.5. The molecule has 2 aliphatic rings. The van der Waals surface area contributed by atoms with Crippen molar-refractivity contribution in [2.45, 2.75) is 37.5 Å². The van der Waals surface area contributed by atoms with Crippen LogP contribution in [0.3, 0.4) is 0 Å². The summed E-state index contributed by atoms with van der Waals surface area (Å²) < 4.78 is 0. The van der Waals surface area contributed by atoms with E-state index in [2.05, 4.69) is 6.07 Å². The van der Waals surface area contributed by atoms with Crippen LogP contribution >= 0.6 is 0 Å². The predicted molar refractivity (Wildman–Crippen MR) is 76.9 cm³/mol. The smallest absolute Gasteiger partial charge is 0.225 e. The van der Waals surface area contributed by atoms with E-state index in [1.54, 1.807) is 0 Å². The van der Waals surface area contributed by atoms with Gasteiger partial charge in [-0.05, 0) is 31.2 Å². The number of likely N-dealkylation sites (tertiary alicyclic amines) is 1. The number of carbonyl (C=O) groups is 1. The Hall–Kier alpha value is -1.82. The van der Waals surface area contributed by atoms with E-state index in [4.69, 9.17) is 0 Å². The molecule has 20 heavy (non-hydrogen) atoms. The Morgan fingerprint density at radius 1 is 1.20 bits per heavy atom. The van der Waals surface area contributed by atoms with Crippen molar-refractivity contribution in [3.8, 4) is 6.07 Å². The minimum absolute atomic E-state index is 0.265. The number of benzene rings is 1. The zero-order valence-corrected chi connectivity index (χ0v) is 11.7. The van der Waals surface area contributed by atoms with E-state index in [9.17, 15) is 10.1 Å². The molecule has 1 saturated carbocycles. The minimum Gasteiger partial charge on any atom is -0.342 e. The highest BCUT2D eigenvalue weighted by Gasteiger charge is 2.39. The lowest BCUT2D eigenvalue weighted by Crippen LogP contribution is -2.47. The third-order valence-corrected chi connectivity index (χ3v) is 4.92. The van der Waals surface area contributed by atoms with Crippen molar-refractivity contribution in [2.75, 3.05) is 13.1 Å². The van der Waals surface area contributed by atoms with E-state index in [0.717, 1.165) is 44.3 Å². The van der Waals surface area contributed by atoms with Crippen LogP contribution in [0.1, 0.15) is 37.7 Å². The highest BCUT2D eigenvalue weighted by atomic mass is 16.2. The molecule has 3 nitrogen and oxygen atoms in total. The highest BCUT2D eigenvalue weighted by molar-refractivity contribution is 5.79. The van der Waals surface area contributed by atoms with Crippen molar-refractivity contribution in [2.24, 2.45) is 5.92 Å². The van der Waals surface area contributed by atoms with E-state index < -0.39 is 5.41 Å². The molecule has 2 fully saturated rings. The van der Waals surface area contributed by atoms with Gasteiger partial charge in [-0.15, -0.1) is 0 Å². The maximum absolute atomic E-state index is 12.3. The van der Waals surface area contributed by atoms with Crippen molar-refractivity contribution in [3.63, 3.8) is 0 Å². The molecule has 0 atom stereocenters. The lowest BCUT2D eigenvalue weighted by atomic mass is 9.73. The van der Waals surface area contributed by atoms with Gasteiger partial charge in [0.25, 0.3) is 0 Å². The molecule has 0 aromatic heterocycles. The average Bonchev–Trinajstić information content (AvgIpc) is 2.46. The topological polar surface area (TPSA) is 44.1 Å². The largest absolute Gasteiger partial charge is 0.342 e. The molecule has 0 radical (unpaired) electrons. The summed E-state index contributed by atoms with van der Waals surface area (Å²) >= 11 is 0. The monoisotopic (exact) mass is 268 g/mol. The van der Waals surface area contributed by atoms with Gasteiger partial charge in [0.05, 0.1) is 11.5 Å². The van der Waals surface area contributed by atoms with Crippen LogP contribution in [0.2, 0.25) is 0 Å². The van der Waals surface area contributed by atoms with E-state index in [0.29, 0.717) is 5.91 Å². The molecule has 1 saturated heterocycles. The molecule has 104 valence electrons. The van der Waals surface area contributed by atoms with Crippen LogP contribution in [0.15, 0.2) is 30.3 Å².